The predicted octanol–water partition coefficient (Wildman–Crippen LogP) is 3.95. The lowest BCUT2D eigenvalue weighted by molar-refractivity contribution is -0.154. The van der Waals surface area contributed by atoms with Crippen molar-refractivity contribution in [2.45, 2.75) is 19.1 Å². The van der Waals surface area contributed by atoms with Crippen molar-refractivity contribution in [3.63, 3.8) is 0 Å². The van der Waals surface area contributed by atoms with Crippen LogP contribution >= 0.6 is 0 Å². The zero-order chi connectivity index (χ0) is 29.1. The smallest absolute Gasteiger partial charge is 0.320 e. The summed E-state index contributed by atoms with van der Waals surface area (Å²) in [5, 5.41) is 12.2. The van der Waals surface area contributed by atoms with Gasteiger partial charge in [-0.3, -0.25) is 14.9 Å². The predicted molar refractivity (Wildman–Crippen MR) is 149 cm³/mol. The molecule has 1 saturated heterocycles. The average molecular weight is 565 g/mol. The van der Waals surface area contributed by atoms with Crippen LogP contribution in [0.1, 0.15) is 17.2 Å². The van der Waals surface area contributed by atoms with E-state index in [4.69, 9.17) is 14.7 Å². The molecule has 0 spiro atoms. The zero-order valence-electron chi connectivity index (χ0n) is 22.8. The first-order valence-corrected chi connectivity index (χ1v) is 13.0. The number of hydroxylamine groups is 2. The molecular weight excluding hydrogens is 534 g/mol. The minimum Gasteiger partial charge on any atom is -0.383 e. The quantitative estimate of drug-likeness (QED) is 0.336. The molecule has 3 heterocycles. The number of rotatable bonds is 8. The fourth-order valence-electron chi connectivity index (χ4n) is 4.75. The maximum atomic E-state index is 14.1. The van der Waals surface area contributed by atoms with Crippen LogP contribution in [0.15, 0.2) is 71.7 Å². The lowest BCUT2D eigenvalue weighted by atomic mass is 10.0. The fraction of sp³-hybridized carbons (Fsp3) is 0.276. The van der Waals surface area contributed by atoms with Gasteiger partial charge >= 0.3 is 6.03 Å². The van der Waals surface area contributed by atoms with E-state index in [-0.39, 0.29) is 5.56 Å². The highest BCUT2D eigenvalue weighted by molar-refractivity contribution is 5.91. The average Bonchev–Trinajstić information content (AvgIpc) is 3.51. The summed E-state index contributed by atoms with van der Waals surface area (Å²) in [5.41, 5.74) is 2.94. The van der Waals surface area contributed by atoms with E-state index in [2.05, 4.69) is 10.6 Å². The Morgan fingerprint density at radius 2 is 1.90 bits per heavy atom. The zero-order valence-corrected chi connectivity index (χ0v) is 22.8. The first kappa shape index (κ1) is 28.1. The molecule has 1 aliphatic rings. The SMILES string of the molecule is COCCN1C[C@@H](NC(=O)Nc2c(C)c(-c3ccc(=O)n(C)c3)nn2-c2ccccc2)[C@H](c2ccc(F)c(F)c2)O1. The first-order chi connectivity index (χ1) is 19.7. The van der Waals surface area contributed by atoms with Crippen molar-refractivity contribution in [2.24, 2.45) is 7.05 Å². The molecule has 2 atom stereocenters. The van der Waals surface area contributed by atoms with Gasteiger partial charge in [0.1, 0.15) is 11.9 Å². The number of hydrogen-bond acceptors (Lipinski definition) is 6. The van der Waals surface area contributed by atoms with Gasteiger partial charge < -0.3 is 14.6 Å². The number of nitrogens with zero attached hydrogens (tertiary/aromatic N) is 4. The summed E-state index contributed by atoms with van der Waals surface area (Å²) in [6.07, 6.45) is 0.933. The third-order valence-corrected chi connectivity index (χ3v) is 6.88. The van der Waals surface area contributed by atoms with Crippen LogP contribution in [0.3, 0.4) is 0 Å². The van der Waals surface area contributed by atoms with Crippen molar-refractivity contribution in [2.75, 3.05) is 32.1 Å². The van der Waals surface area contributed by atoms with Crippen LogP contribution in [0.2, 0.25) is 0 Å². The van der Waals surface area contributed by atoms with E-state index in [0.29, 0.717) is 47.9 Å². The van der Waals surface area contributed by atoms with Gasteiger partial charge in [-0.05, 0) is 42.8 Å². The van der Waals surface area contributed by atoms with Crippen molar-refractivity contribution in [3.8, 4) is 16.9 Å². The van der Waals surface area contributed by atoms with Crippen LogP contribution < -0.4 is 16.2 Å². The van der Waals surface area contributed by atoms with Crippen LogP contribution in [-0.2, 0) is 16.6 Å². The van der Waals surface area contributed by atoms with Gasteiger partial charge in [-0.1, -0.05) is 24.3 Å². The Morgan fingerprint density at radius 3 is 2.61 bits per heavy atom. The normalized spacial score (nSPS) is 17.1. The van der Waals surface area contributed by atoms with Gasteiger partial charge in [0, 0.05) is 50.6 Å². The highest BCUT2D eigenvalue weighted by Crippen LogP contribution is 2.32. The largest absolute Gasteiger partial charge is 0.383 e. The Hall–Kier alpha value is -4.39. The Bertz CT molecular complexity index is 1610. The molecular formula is C29H30F2N6O4. The van der Waals surface area contributed by atoms with E-state index in [9.17, 15) is 18.4 Å². The third kappa shape index (κ3) is 6.04. The van der Waals surface area contributed by atoms with Crippen molar-refractivity contribution < 1.29 is 23.1 Å². The molecule has 2 aromatic heterocycles. The molecule has 1 fully saturated rings. The lowest BCUT2D eigenvalue weighted by Gasteiger charge is -2.20. The molecule has 0 unspecified atom stereocenters. The molecule has 0 bridgehead atoms. The Labute approximate surface area is 235 Å². The summed E-state index contributed by atoms with van der Waals surface area (Å²) in [7, 11) is 3.22. The van der Waals surface area contributed by atoms with Gasteiger partial charge in [-0.25, -0.2) is 18.3 Å². The van der Waals surface area contributed by atoms with E-state index in [1.54, 1.807) is 36.2 Å². The van der Waals surface area contributed by atoms with Gasteiger partial charge in [0.25, 0.3) is 0 Å². The number of carbonyl (C=O) groups is 1. The minimum absolute atomic E-state index is 0.152. The summed E-state index contributed by atoms with van der Waals surface area (Å²) in [6, 6.07) is 14.9. The standard InChI is InChI=1S/C29H30F2N6O4/c1-18-26(20-10-12-25(38)35(2)16-20)34-37(21-7-5-4-6-8-21)28(18)33-29(39)32-24-17-36(13-14-40-3)41-27(24)19-9-11-22(30)23(31)15-19/h4-12,15-16,24,27H,13-14,17H2,1-3H3,(H2,32,33,39)/t24-,27+/m1/s1. The topological polar surface area (TPSA) is 103 Å². The maximum absolute atomic E-state index is 14.1. The van der Waals surface area contributed by atoms with Crippen molar-refractivity contribution in [3.05, 3.63) is 100.0 Å². The molecule has 10 nitrogen and oxygen atoms in total. The fourth-order valence-corrected chi connectivity index (χ4v) is 4.75. The molecule has 5 rings (SSSR count). The monoisotopic (exact) mass is 564 g/mol. The Morgan fingerprint density at radius 1 is 1.12 bits per heavy atom. The number of urea groups is 1. The second kappa shape index (κ2) is 12.0. The first-order valence-electron chi connectivity index (χ1n) is 13.0. The van der Waals surface area contributed by atoms with Gasteiger partial charge in [-0.2, -0.15) is 10.2 Å². The van der Waals surface area contributed by atoms with Crippen molar-refractivity contribution in [1.82, 2.24) is 24.7 Å². The van der Waals surface area contributed by atoms with Crippen LogP contribution in [0.4, 0.5) is 19.4 Å². The molecule has 4 aromatic rings. The lowest BCUT2D eigenvalue weighted by Crippen LogP contribution is -2.42. The van der Waals surface area contributed by atoms with Gasteiger partial charge in [-0.15, -0.1) is 0 Å². The highest BCUT2D eigenvalue weighted by atomic mass is 19.2. The Kier molecular flexibility index (Phi) is 8.24. The summed E-state index contributed by atoms with van der Waals surface area (Å²) in [6.45, 7) is 2.92. The number of methoxy groups -OCH3 is 1. The summed E-state index contributed by atoms with van der Waals surface area (Å²) < 4.78 is 35.9. The van der Waals surface area contributed by atoms with Crippen LogP contribution in [0.5, 0.6) is 0 Å². The maximum Gasteiger partial charge on any atom is 0.320 e. The van der Waals surface area contributed by atoms with Gasteiger partial charge in [0.2, 0.25) is 5.56 Å². The number of halogens is 2. The molecule has 0 aliphatic carbocycles. The molecule has 1 aliphatic heterocycles. The van der Waals surface area contributed by atoms with E-state index in [1.165, 1.54) is 16.7 Å². The summed E-state index contributed by atoms with van der Waals surface area (Å²) >= 11 is 0. The molecule has 12 heteroatoms. The third-order valence-electron chi connectivity index (χ3n) is 6.88. The molecule has 214 valence electrons. The van der Waals surface area contributed by atoms with Crippen molar-refractivity contribution >= 4 is 11.8 Å². The van der Waals surface area contributed by atoms with Crippen LogP contribution in [0.25, 0.3) is 16.9 Å². The second-order valence-corrected chi connectivity index (χ2v) is 9.72. The molecule has 2 N–H and O–H groups in total. The van der Waals surface area contributed by atoms with Gasteiger partial charge in [0.05, 0.1) is 24.0 Å². The number of hydrogen-bond donors (Lipinski definition) is 2. The molecule has 2 aromatic carbocycles. The number of ether oxygens (including phenoxy) is 1. The number of pyridine rings is 1. The molecule has 41 heavy (non-hydrogen) atoms. The number of aromatic nitrogens is 3. The van der Waals surface area contributed by atoms with E-state index >= 15 is 0 Å². The number of nitrogens with one attached hydrogen (secondary N) is 2. The van der Waals surface area contributed by atoms with E-state index < -0.39 is 29.8 Å². The summed E-state index contributed by atoms with van der Waals surface area (Å²) in [5.74, 6) is -1.54. The second-order valence-electron chi connectivity index (χ2n) is 9.72. The minimum atomic E-state index is -1.00. The Balaban J connectivity index is 1.44. The number of aryl methyl sites for hydroxylation is 1. The summed E-state index contributed by atoms with van der Waals surface area (Å²) in [4.78, 5) is 31.4. The molecule has 0 saturated carbocycles. The van der Waals surface area contributed by atoms with Crippen LogP contribution in [0, 0.1) is 18.6 Å². The van der Waals surface area contributed by atoms with Crippen LogP contribution in [-0.4, -0.2) is 58.3 Å². The van der Waals surface area contributed by atoms with Crippen molar-refractivity contribution in [1.29, 1.82) is 0 Å². The molecule has 2 amide bonds. The van der Waals surface area contributed by atoms with E-state index in [1.807, 2.05) is 37.3 Å². The number of benzene rings is 2. The number of para-hydroxylation sites is 1. The number of amides is 2. The number of anilines is 1. The van der Waals surface area contributed by atoms with Gasteiger partial charge in [0.15, 0.2) is 11.6 Å². The highest BCUT2D eigenvalue weighted by Gasteiger charge is 2.37. The van der Waals surface area contributed by atoms with E-state index in [0.717, 1.165) is 17.8 Å². The number of carbonyl (C=O) groups excluding carboxylic acids is 1. The molecule has 0 radical (unpaired) electrons.